The Morgan fingerprint density at radius 3 is 1.50 bits per heavy atom. The van der Waals surface area contributed by atoms with Crippen LogP contribution >= 0.6 is 0 Å². The summed E-state index contributed by atoms with van der Waals surface area (Å²) in [4.78, 5) is 0. The maximum absolute atomic E-state index is 13.9. The van der Waals surface area contributed by atoms with Crippen LogP contribution in [0.1, 0.15) is 100 Å². The SMILES string of the molecule is CC(C)(C/C=C/C(O[Si](C)(C)C)(C(F)(F)F)C(F)(F)F)CCC/C=C/C=C1C[C@@H](O[Si](C)(C)C(C)(C)C)C[C@H](O[Si](C)(C)C(C)(C)C)C1. The molecule has 0 unspecified atom stereocenters. The Morgan fingerprint density at radius 1 is 0.688 bits per heavy atom. The molecule has 0 radical (unpaired) electrons. The van der Waals surface area contributed by atoms with Crippen molar-refractivity contribution in [1.29, 1.82) is 0 Å². The van der Waals surface area contributed by atoms with Crippen LogP contribution in [0.4, 0.5) is 26.3 Å². The highest BCUT2D eigenvalue weighted by molar-refractivity contribution is 6.74. The molecule has 0 aromatic carbocycles. The van der Waals surface area contributed by atoms with Crippen molar-refractivity contribution in [2.24, 2.45) is 5.41 Å². The molecular formula is C36H66F6O3Si3. The van der Waals surface area contributed by atoms with Crippen LogP contribution in [-0.4, -0.2) is 55.1 Å². The predicted octanol–water partition coefficient (Wildman–Crippen LogP) is 13.3. The highest BCUT2D eigenvalue weighted by atomic mass is 28.4. The number of allylic oxidation sites excluding steroid dienone is 4. The minimum atomic E-state index is -5.63. The summed E-state index contributed by atoms with van der Waals surface area (Å²) in [5.74, 6) is 0. The van der Waals surface area contributed by atoms with E-state index in [1.807, 2.05) is 13.8 Å². The Bertz CT molecular complexity index is 1070. The van der Waals surface area contributed by atoms with Gasteiger partial charge in [-0.1, -0.05) is 85.3 Å². The quantitative estimate of drug-likeness (QED) is 0.0767. The summed E-state index contributed by atoms with van der Waals surface area (Å²) in [6, 6.07) is 0. The Morgan fingerprint density at radius 2 is 1.12 bits per heavy atom. The molecule has 1 rings (SSSR count). The molecule has 12 heteroatoms. The van der Waals surface area contributed by atoms with Gasteiger partial charge >= 0.3 is 12.4 Å². The first kappa shape index (κ1) is 45.4. The zero-order valence-corrected chi connectivity index (χ0v) is 35.5. The van der Waals surface area contributed by atoms with Gasteiger partial charge in [-0.25, -0.2) is 0 Å². The number of alkyl halides is 6. The molecule has 0 amide bonds. The van der Waals surface area contributed by atoms with Gasteiger partial charge in [-0.3, -0.25) is 0 Å². The molecule has 0 aromatic rings. The Labute approximate surface area is 291 Å². The first-order chi connectivity index (χ1) is 21.1. The highest BCUT2D eigenvalue weighted by Crippen LogP contribution is 2.49. The molecule has 0 heterocycles. The minimum absolute atomic E-state index is 0.0645. The van der Waals surface area contributed by atoms with E-state index in [-0.39, 0.29) is 34.8 Å². The van der Waals surface area contributed by atoms with E-state index in [9.17, 15) is 26.3 Å². The van der Waals surface area contributed by atoms with E-state index in [1.54, 1.807) is 0 Å². The van der Waals surface area contributed by atoms with Gasteiger partial charge in [-0.05, 0) is 112 Å². The second kappa shape index (κ2) is 15.9. The average molecular weight is 745 g/mol. The van der Waals surface area contributed by atoms with Crippen molar-refractivity contribution in [2.75, 3.05) is 0 Å². The molecule has 0 aliphatic heterocycles. The molecule has 1 fully saturated rings. The van der Waals surface area contributed by atoms with E-state index in [1.165, 1.54) is 25.2 Å². The molecule has 282 valence electrons. The Hall–Kier alpha value is -0.669. The number of hydrogen-bond acceptors (Lipinski definition) is 3. The molecular weight excluding hydrogens is 679 g/mol. The molecule has 0 spiro atoms. The van der Waals surface area contributed by atoms with Gasteiger partial charge in [0.25, 0.3) is 5.60 Å². The second-order valence-electron chi connectivity index (χ2n) is 18.5. The Balaban J connectivity index is 2.99. The zero-order chi connectivity index (χ0) is 37.8. The van der Waals surface area contributed by atoms with Gasteiger partial charge in [0.05, 0.1) is 12.2 Å². The lowest BCUT2D eigenvalue weighted by Crippen LogP contribution is -2.61. The fraction of sp³-hybridized carbons (Fsp3) is 0.833. The molecule has 48 heavy (non-hydrogen) atoms. The lowest BCUT2D eigenvalue weighted by atomic mass is 9.83. The predicted molar refractivity (Wildman–Crippen MR) is 196 cm³/mol. The maximum Gasteiger partial charge on any atom is 0.429 e. The minimum Gasteiger partial charge on any atom is -0.414 e. The van der Waals surface area contributed by atoms with Crippen molar-refractivity contribution in [1.82, 2.24) is 0 Å². The number of hydrogen-bond donors (Lipinski definition) is 0. The van der Waals surface area contributed by atoms with E-state index < -0.39 is 48.3 Å². The molecule has 0 bridgehead atoms. The van der Waals surface area contributed by atoms with Crippen LogP contribution in [0.25, 0.3) is 0 Å². The summed E-state index contributed by atoms with van der Waals surface area (Å²) >= 11 is 0. The smallest absolute Gasteiger partial charge is 0.414 e. The van der Waals surface area contributed by atoms with Crippen LogP contribution in [0.5, 0.6) is 0 Å². The third-order valence-electron chi connectivity index (χ3n) is 10.1. The molecule has 0 saturated heterocycles. The van der Waals surface area contributed by atoms with Crippen LogP contribution in [0, 0.1) is 5.41 Å². The standard InChI is InChI=1S/C36H66F6O3Si3/c1-31(2,3)47(12,13)43-29-25-28(26-30(27-29)44-48(14,15)32(4,5)6)21-18-16-17-19-22-33(7,8)23-20-24-34(35(37,38)39,36(40,41)42)45-46(9,10)11/h16,18,20-21,24,29-30H,17,19,22-23,25-27H2,1-15H3/b18-16+,24-20+/t29-,30-/m1/s1. The summed E-state index contributed by atoms with van der Waals surface area (Å²) in [5, 5.41) is 0.213. The first-order valence-corrected chi connectivity index (χ1v) is 26.6. The molecule has 0 N–H and O–H groups in total. The van der Waals surface area contributed by atoms with Crippen molar-refractivity contribution < 1.29 is 39.6 Å². The molecule has 3 nitrogen and oxygen atoms in total. The van der Waals surface area contributed by atoms with Gasteiger partial charge in [-0.15, -0.1) is 0 Å². The van der Waals surface area contributed by atoms with Gasteiger partial charge in [0.1, 0.15) is 0 Å². The average Bonchev–Trinajstić information content (AvgIpc) is 2.81. The van der Waals surface area contributed by atoms with Crippen molar-refractivity contribution >= 4 is 25.0 Å². The highest BCUT2D eigenvalue weighted by Gasteiger charge is 2.71. The fourth-order valence-corrected chi connectivity index (χ4v) is 9.26. The summed E-state index contributed by atoms with van der Waals surface area (Å²) < 4.78 is 102. The first-order valence-electron chi connectivity index (χ1n) is 17.4. The summed E-state index contributed by atoms with van der Waals surface area (Å²) in [6.45, 7) is 30.3. The van der Waals surface area contributed by atoms with Crippen LogP contribution in [0.3, 0.4) is 0 Å². The summed E-state index contributed by atoms with van der Waals surface area (Å²) in [5.41, 5.74) is -3.50. The summed E-state index contributed by atoms with van der Waals surface area (Å²) in [6.07, 6.45) is 1.29. The topological polar surface area (TPSA) is 27.7 Å². The van der Waals surface area contributed by atoms with Gasteiger partial charge in [0.2, 0.25) is 0 Å². The largest absolute Gasteiger partial charge is 0.429 e. The lowest BCUT2D eigenvalue weighted by Gasteiger charge is -2.45. The molecule has 1 saturated carbocycles. The molecule has 2 atom stereocenters. The third-order valence-corrected chi connectivity index (χ3v) is 20.1. The van der Waals surface area contributed by atoms with Crippen LogP contribution in [-0.2, 0) is 13.3 Å². The second-order valence-corrected chi connectivity index (χ2v) is 32.4. The normalized spacial score (nSPS) is 20.3. The maximum atomic E-state index is 13.9. The third kappa shape index (κ3) is 13.5. The van der Waals surface area contributed by atoms with E-state index in [0.29, 0.717) is 6.42 Å². The van der Waals surface area contributed by atoms with Crippen LogP contribution in [0.15, 0.2) is 36.0 Å². The number of rotatable bonds is 14. The number of unbranched alkanes of at least 4 members (excludes halogenated alkanes) is 1. The summed E-state index contributed by atoms with van der Waals surface area (Å²) in [7, 11) is -7.16. The van der Waals surface area contributed by atoms with Crippen molar-refractivity contribution in [2.45, 2.75) is 186 Å². The van der Waals surface area contributed by atoms with E-state index >= 15 is 0 Å². The number of halogens is 6. The molecule has 1 aliphatic carbocycles. The molecule has 1 aliphatic rings. The van der Waals surface area contributed by atoms with Crippen LogP contribution < -0.4 is 0 Å². The van der Waals surface area contributed by atoms with Gasteiger partial charge in [-0.2, -0.15) is 26.3 Å². The zero-order valence-electron chi connectivity index (χ0n) is 32.5. The van der Waals surface area contributed by atoms with Gasteiger partial charge < -0.3 is 13.3 Å². The monoisotopic (exact) mass is 744 g/mol. The van der Waals surface area contributed by atoms with E-state index in [2.05, 4.69) is 86.0 Å². The van der Waals surface area contributed by atoms with Crippen LogP contribution in [0.2, 0.25) is 55.9 Å². The van der Waals surface area contributed by atoms with Crippen molar-refractivity contribution in [3.8, 4) is 0 Å². The lowest BCUT2D eigenvalue weighted by molar-refractivity contribution is -0.340. The van der Waals surface area contributed by atoms with Crippen molar-refractivity contribution in [3.63, 3.8) is 0 Å². The van der Waals surface area contributed by atoms with Crippen molar-refractivity contribution in [3.05, 3.63) is 36.0 Å². The van der Waals surface area contributed by atoms with Gasteiger partial charge in [0, 0.05) is 0 Å². The molecule has 0 aromatic heterocycles. The van der Waals surface area contributed by atoms with E-state index in [4.69, 9.17) is 13.3 Å². The van der Waals surface area contributed by atoms with E-state index in [0.717, 1.165) is 38.2 Å². The van der Waals surface area contributed by atoms with Gasteiger partial charge in [0.15, 0.2) is 25.0 Å². The fourth-order valence-electron chi connectivity index (χ4n) is 5.26. The Kier molecular flexibility index (Phi) is 15.0.